The highest BCUT2D eigenvalue weighted by atomic mass is 79.9. The zero-order chi connectivity index (χ0) is 13.0. The molecule has 0 fully saturated rings. The van der Waals surface area contributed by atoms with Crippen LogP contribution in [0.15, 0.2) is 33.6 Å². The monoisotopic (exact) mass is 310 g/mol. The van der Waals surface area contributed by atoms with Crippen molar-refractivity contribution in [2.45, 2.75) is 6.42 Å². The van der Waals surface area contributed by atoms with Crippen LogP contribution in [0.5, 0.6) is 0 Å². The Morgan fingerprint density at radius 1 is 1.44 bits per heavy atom. The largest absolute Gasteiger partial charge is 0.454 e. The summed E-state index contributed by atoms with van der Waals surface area (Å²) < 4.78 is 6.05. The number of anilines is 1. The zero-order valence-corrected chi connectivity index (χ0v) is 11.0. The van der Waals surface area contributed by atoms with Crippen molar-refractivity contribution in [3.8, 4) is 0 Å². The minimum absolute atomic E-state index is 0.140. The Morgan fingerprint density at radius 3 is 2.94 bits per heavy atom. The van der Waals surface area contributed by atoms with E-state index in [0.29, 0.717) is 23.5 Å². The van der Waals surface area contributed by atoms with E-state index in [1.54, 1.807) is 0 Å². The van der Waals surface area contributed by atoms with Gasteiger partial charge in [-0.05, 0) is 28.1 Å². The average molecular weight is 311 g/mol. The van der Waals surface area contributed by atoms with Gasteiger partial charge < -0.3 is 15.5 Å². The maximum atomic E-state index is 10.9. The van der Waals surface area contributed by atoms with Gasteiger partial charge in [0.05, 0.1) is 12.4 Å². The summed E-state index contributed by atoms with van der Waals surface area (Å²) in [6, 6.07) is 3.72. The van der Waals surface area contributed by atoms with Gasteiger partial charge in [-0.1, -0.05) is 0 Å². The Hall–Kier alpha value is -1.89. The lowest BCUT2D eigenvalue weighted by Gasteiger charge is -2.04. The molecule has 0 aliphatic carbocycles. The van der Waals surface area contributed by atoms with E-state index in [4.69, 9.17) is 10.2 Å². The molecule has 2 aromatic heterocycles. The summed E-state index contributed by atoms with van der Waals surface area (Å²) in [5.74, 6) is 0.770. The number of primary amides is 1. The fourth-order valence-electron chi connectivity index (χ4n) is 1.37. The van der Waals surface area contributed by atoms with Crippen LogP contribution in [0.3, 0.4) is 0 Å². The van der Waals surface area contributed by atoms with Crippen LogP contribution in [0.1, 0.15) is 16.2 Å². The van der Waals surface area contributed by atoms with E-state index < -0.39 is 5.91 Å². The third kappa shape index (κ3) is 3.30. The van der Waals surface area contributed by atoms with Crippen molar-refractivity contribution in [1.82, 2.24) is 9.97 Å². The molecule has 0 saturated heterocycles. The summed E-state index contributed by atoms with van der Waals surface area (Å²) in [5.41, 5.74) is 5.26. The number of hydrogen-bond donors (Lipinski definition) is 2. The molecule has 94 valence electrons. The number of amides is 1. The van der Waals surface area contributed by atoms with E-state index in [-0.39, 0.29) is 5.69 Å². The van der Waals surface area contributed by atoms with Crippen LogP contribution in [-0.2, 0) is 6.42 Å². The fourth-order valence-corrected chi connectivity index (χ4v) is 1.71. The van der Waals surface area contributed by atoms with Crippen LogP contribution in [0.25, 0.3) is 0 Å². The van der Waals surface area contributed by atoms with Crippen molar-refractivity contribution in [2.24, 2.45) is 5.73 Å². The number of carbonyl (C=O) groups is 1. The van der Waals surface area contributed by atoms with Gasteiger partial charge in [0.25, 0.3) is 5.91 Å². The van der Waals surface area contributed by atoms with E-state index in [1.807, 2.05) is 12.1 Å². The second-order valence-corrected chi connectivity index (χ2v) is 4.32. The van der Waals surface area contributed by atoms with Gasteiger partial charge in [-0.3, -0.25) is 9.78 Å². The minimum atomic E-state index is -0.596. The van der Waals surface area contributed by atoms with Crippen LogP contribution in [0, 0.1) is 0 Å². The normalized spacial score (nSPS) is 10.3. The molecule has 0 aliphatic heterocycles. The number of carbonyl (C=O) groups excluding carboxylic acids is 1. The Kier molecular flexibility index (Phi) is 3.93. The number of nitrogens with zero attached hydrogens (tertiary/aromatic N) is 2. The van der Waals surface area contributed by atoms with Crippen molar-refractivity contribution >= 4 is 27.7 Å². The third-order valence-corrected chi connectivity index (χ3v) is 2.62. The molecule has 1 amide bonds. The standard InChI is InChI=1S/C11H11BrN4O2/c12-9-2-1-7(18-9)3-4-15-10-6-14-5-8(16-10)11(13)17/h1-2,5-6H,3-4H2,(H2,13,17)(H,15,16). The number of nitrogens with one attached hydrogen (secondary N) is 1. The van der Waals surface area contributed by atoms with E-state index in [0.717, 1.165) is 5.76 Å². The molecule has 7 heteroatoms. The van der Waals surface area contributed by atoms with Gasteiger partial charge in [0.1, 0.15) is 17.3 Å². The molecule has 2 heterocycles. The Balaban J connectivity index is 1.90. The van der Waals surface area contributed by atoms with Gasteiger partial charge in [-0.2, -0.15) is 0 Å². The number of furan rings is 1. The van der Waals surface area contributed by atoms with E-state index in [2.05, 4.69) is 31.2 Å². The predicted octanol–water partition coefficient (Wildman–Crippen LogP) is 1.59. The lowest BCUT2D eigenvalue weighted by molar-refractivity contribution is 0.0995. The predicted molar refractivity (Wildman–Crippen MR) is 69.2 cm³/mol. The molecule has 6 nitrogen and oxygen atoms in total. The van der Waals surface area contributed by atoms with Crippen LogP contribution in [-0.4, -0.2) is 22.4 Å². The summed E-state index contributed by atoms with van der Waals surface area (Å²) in [7, 11) is 0. The summed E-state index contributed by atoms with van der Waals surface area (Å²) in [4.78, 5) is 18.8. The summed E-state index contributed by atoms with van der Waals surface area (Å²) in [6.45, 7) is 0.622. The summed E-state index contributed by atoms with van der Waals surface area (Å²) in [6.07, 6.45) is 3.57. The smallest absolute Gasteiger partial charge is 0.268 e. The van der Waals surface area contributed by atoms with Crippen molar-refractivity contribution < 1.29 is 9.21 Å². The summed E-state index contributed by atoms with van der Waals surface area (Å²) in [5, 5.41) is 3.04. The van der Waals surface area contributed by atoms with Crippen LogP contribution in [0.4, 0.5) is 5.82 Å². The molecule has 0 saturated carbocycles. The van der Waals surface area contributed by atoms with E-state index in [1.165, 1.54) is 12.4 Å². The molecule has 0 aromatic carbocycles. The highest BCUT2D eigenvalue weighted by molar-refractivity contribution is 9.10. The lowest BCUT2D eigenvalue weighted by Crippen LogP contribution is -2.15. The van der Waals surface area contributed by atoms with Crippen molar-refractivity contribution in [1.29, 1.82) is 0 Å². The Labute approximate surface area is 112 Å². The molecule has 2 aromatic rings. The first kappa shape index (κ1) is 12.6. The number of nitrogens with two attached hydrogens (primary N) is 1. The third-order valence-electron chi connectivity index (χ3n) is 2.19. The van der Waals surface area contributed by atoms with E-state index >= 15 is 0 Å². The molecule has 2 rings (SSSR count). The van der Waals surface area contributed by atoms with Gasteiger partial charge in [-0.15, -0.1) is 0 Å². The highest BCUT2D eigenvalue weighted by Gasteiger charge is 2.04. The van der Waals surface area contributed by atoms with Gasteiger partial charge in [0.2, 0.25) is 0 Å². The topological polar surface area (TPSA) is 94.0 Å². The van der Waals surface area contributed by atoms with Crippen molar-refractivity contribution in [3.63, 3.8) is 0 Å². The molecule has 3 N–H and O–H groups in total. The minimum Gasteiger partial charge on any atom is -0.454 e. The quantitative estimate of drug-likeness (QED) is 0.874. The Bertz CT molecular complexity index is 555. The van der Waals surface area contributed by atoms with Gasteiger partial charge in [0.15, 0.2) is 4.67 Å². The molecule has 0 spiro atoms. The zero-order valence-electron chi connectivity index (χ0n) is 9.39. The van der Waals surface area contributed by atoms with E-state index in [9.17, 15) is 4.79 Å². The van der Waals surface area contributed by atoms with Crippen molar-refractivity contribution in [2.75, 3.05) is 11.9 Å². The molecule has 0 bridgehead atoms. The first-order valence-electron chi connectivity index (χ1n) is 5.25. The number of halogens is 1. The van der Waals surface area contributed by atoms with Gasteiger partial charge in [-0.25, -0.2) is 4.98 Å². The molecule has 0 atom stereocenters. The van der Waals surface area contributed by atoms with Crippen LogP contribution in [0.2, 0.25) is 0 Å². The molecule has 0 radical (unpaired) electrons. The second kappa shape index (κ2) is 5.63. The fraction of sp³-hybridized carbons (Fsp3) is 0.182. The van der Waals surface area contributed by atoms with Crippen LogP contribution >= 0.6 is 15.9 Å². The Morgan fingerprint density at radius 2 is 2.28 bits per heavy atom. The first-order valence-corrected chi connectivity index (χ1v) is 6.04. The number of hydrogen-bond acceptors (Lipinski definition) is 5. The lowest BCUT2D eigenvalue weighted by atomic mass is 10.3. The average Bonchev–Trinajstić information content (AvgIpc) is 2.75. The molecular formula is C11H11BrN4O2. The maximum Gasteiger partial charge on any atom is 0.268 e. The maximum absolute atomic E-state index is 10.9. The first-order chi connectivity index (χ1) is 8.65. The second-order valence-electron chi connectivity index (χ2n) is 3.54. The molecule has 0 aliphatic rings. The molecule has 0 unspecified atom stereocenters. The molecular weight excluding hydrogens is 300 g/mol. The van der Waals surface area contributed by atoms with Crippen molar-refractivity contribution in [3.05, 3.63) is 40.7 Å². The van der Waals surface area contributed by atoms with Gasteiger partial charge in [0, 0.05) is 13.0 Å². The highest BCUT2D eigenvalue weighted by Crippen LogP contribution is 2.14. The molecule has 18 heavy (non-hydrogen) atoms. The van der Waals surface area contributed by atoms with Gasteiger partial charge >= 0.3 is 0 Å². The number of aromatic nitrogens is 2. The SMILES string of the molecule is NC(=O)c1cncc(NCCc2ccc(Br)o2)n1. The summed E-state index contributed by atoms with van der Waals surface area (Å²) >= 11 is 3.23. The number of rotatable bonds is 5. The van der Waals surface area contributed by atoms with Crippen LogP contribution < -0.4 is 11.1 Å².